The van der Waals surface area contributed by atoms with Crippen LogP contribution in [0.1, 0.15) is 40.0 Å². The number of fused-ring (bicyclic) bond motifs is 5. The van der Waals surface area contributed by atoms with Gasteiger partial charge in [-0.05, 0) is 42.9 Å². The van der Waals surface area contributed by atoms with Crippen LogP contribution in [-0.2, 0) is 4.74 Å². The average Bonchev–Trinajstić information content (AvgIpc) is 2.75. The molecule has 2 bridgehead atoms. The van der Waals surface area contributed by atoms with Gasteiger partial charge in [-0.1, -0.05) is 20.8 Å². The highest BCUT2D eigenvalue weighted by Gasteiger charge is 2.60. The molecule has 7 atom stereocenters. The lowest BCUT2D eigenvalue weighted by Crippen LogP contribution is -2.46. The van der Waals surface area contributed by atoms with Crippen LogP contribution in [0.5, 0.6) is 0 Å². The first kappa shape index (κ1) is 11.0. The van der Waals surface area contributed by atoms with E-state index in [0.29, 0.717) is 18.8 Å². The molecule has 1 aliphatic carbocycles. The number of rotatable bonds is 1. The van der Waals surface area contributed by atoms with Crippen LogP contribution in [0, 0.1) is 29.1 Å². The van der Waals surface area contributed by atoms with Gasteiger partial charge in [0, 0.05) is 5.41 Å². The molecule has 0 spiro atoms. The third kappa shape index (κ3) is 1.32. The van der Waals surface area contributed by atoms with Gasteiger partial charge in [0.2, 0.25) is 0 Å². The summed E-state index contributed by atoms with van der Waals surface area (Å²) in [6, 6.07) is 0. The molecule has 2 saturated heterocycles. The Morgan fingerprint density at radius 3 is 2.44 bits per heavy atom. The number of aliphatic hydroxyl groups excluding tert-OH is 1. The predicted molar refractivity (Wildman–Crippen MR) is 63.0 cm³/mol. The van der Waals surface area contributed by atoms with Crippen LogP contribution in [-0.4, -0.2) is 23.9 Å². The number of hydrogen-bond donors (Lipinski definition) is 1. The summed E-state index contributed by atoms with van der Waals surface area (Å²) >= 11 is 0. The van der Waals surface area contributed by atoms with Gasteiger partial charge >= 0.3 is 0 Å². The molecule has 7 unspecified atom stereocenters. The molecule has 0 aromatic heterocycles. The lowest BCUT2D eigenvalue weighted by atomic mass is 9.58. The van der Waals surface area contributed by atoms with Gasteiger partial charge in [0.05, 0.1) is 18.8 Å². The van der Waals surface area contributed by atoms with Crippen molar-refractivity contribution in [2.45, 2.75) is 52.2 Å². The molecule has 0 radical (unpaired) electrons. The van der Waals surface area contributed by atoms with Crippen LogP contribution in [0.25, 0.3) is 0 Å². The molecule has 1 saturated carbocycles. The summed E-state index contributed by atoms with van der Waals surface area (Å²) < 4.78 is 6.16. The Kier molecular flexibility index (Phi) is 2.38. The third-order valence-corrected chi connectivity index (χ3v) is 5.71. The number of ether oxygens (including phenoxy) is 1. The van der Waals surface area contributed by atoms with E-state index in [1.807, 2.05) is 0 Å². The van der Waals surface area contributed by atoms with E-state index in [9.17, 15) is 5.11 Å². The molecule has 16 heavy (non-hydrogen) atoms. The first-order valence-corrected chi connectivity index (χ1v) is 6.81. The Balaban J connectivity index is 1.83. The minimum atomic E-state index is 0.0477. The highest BCUT2D eigenvalue weighted by molar-refractivity contribution is 5.08. The van der Waals surface area contributed by atoms with Gasteiger partial charge in [-0.3, -0.25) is 0 Å². The first-order chi connectivity index (χ1) is 7.55. The second-order valence-electron chi connectivity index (χ2n) is 6.87. The summed E-state index contributed by atoms with van der Waals surface area (Å²) in [7, 11) is 0. The zero-order chi connectivity index (χ0) is 11.5. The monoisotopic (exact) mass is 224 g/mol. The lowest BCUT2D eigenvalue weighted by Gasteiger charge is -2.44. The van der Waals surface area contributed by atoms with Crippen molar-refractivity contribution in [2.24, 2.45) is 29.1 Å². The van der Waals surface area contributed by atoms with E-state index in [1.54, 1.807) is 0 Å². The van der Waals surface area contributed by atoms with Crippen LogP contribution in [0.15, 0.2) is 0 Å². The lowest BCUT2D eigenvalue weighted by molar-refractivity contribution is -0.00228. The Hall–Kier alpha value is -0.0800. The summed E-state index contributed by atoms with van der Waals surface area (Å²) in [5.41, 5.74) is 0.0477. The molecule has 0 aromatic carbocycles. The summed E-state index contributed by atoms with van der Waals surface area (Å²) in [5.74, 6) is 3.19. The quantitative estimate of drug-likeness (QED) is 0.741. The Labute approximate surface area is 98.4 Å². The van der Waals surface area contributed by atoms with Crippen molar-refractivity contribution in [1.29, 1.82) is 0 Å². The van der Waals surface area contributed by atoms with Crippen LogP contribution in [0.2, 0.25) is 0 Å². The minimum Gasteiger partial charge on any atom is -0.396 e. The highest BCUT2D eigenvalue weighted by Crippen LogP contribution is 2.58. The normalized spacial score (nSPS) is 60.0. The molecular weight excluding hydrogens is 200 g/mol. The van der Waals surface area contributed by atoms with Gasteiger partial charge < -0.3 is 9.84 Å². The van der Waals surface area contributed by atoms with Crippen LogP contribution in [0.3, 0.4) is 0 Å². The van der Waals surface area contributed by atoms with Crippen LogP contribution < -0.4 is 0 Å². The zero-order valence-corrected chi connectivity index (χ0v) is 10.6. The highest BCUT2D eigenvalue weighted by atomic mass is 16.5. The van der Waals surface area contributed by atoms with Crippen molar-refractivity contribution in [1.82, 2.24) is 0 Å². The fourth-order valence-corrected chi connectivity index (χ4v) is 4.45. The molecule has 2 heteroatoms. The zero-order valence-electron chi connectivity index (χ0n) is 10.6. The fourth-order valence-electron chi connectivity index (χ4n) is 4.45. The van der Waals surface area contributed by atoms with Crippen molar-refractivity contribution in [3.05, 3.63) is 0 Å². The third-order valence-electron chi connectivity index (χ3n) is 5.71. The largest absolute Gasteiger partial charge is 0.396 e. The average molecular weight is 224 g/mol. The standard InChI is InChI=1S/C14H24O2/c1-8-4-10-11(5-9(8)2)13-14(3,7-15)6-12(10)16-13/h8-13,15H,4-7H2,1-3H3. The van der Waals surface area contributed by atoms with Gasteiger partial charge in [-0.15, -0.1) is 0 Å². The van der Waals surface area contributed by atoms with E-state index in [-0.39, 0.29) is 5.41 Å². The van der Waals surface area contributed by atoms with Crippen molar-refractivity contribution >= 4 is 0 Å². The Morgan fingerprint density at radius 1 is 1.19 bits per heavy atom. The van der Waals surface area contributed by atoms with Crippen molar-refractivity contribution in [3.63, 3.8) is 0 Å². The number of hydrogen-bond acceptors (Lipinski definition) is 2. The van der Waals surface area contributed by atoms with Gasteiger partial charge in [-0.2, -0.15) is 0 Å². The summed E-state index contributed by atoms with van der Waals surface area (Å²) in [5, 5.41) is 9.58. The molecule has 2 heterocycles. The number of aliphatic hydroxyl groups is 1. The molecule has 2 aliphatic heterocycles. The Morgan fingerprint density at radius 2 is 1.81 bits per heavy atom. The Bertz CT molecular complexity index is 290. The summed E-state index contributed by atoms with van der Waals surface area (Å²) in [6.07, 6.45) is 4.51. The van der Waals surface area contributed by atoms with Crippen molar-refractivity contribution in [2.75, 3.05) is 6.61 Å². The maximum atomic E-state index is 9.58. The van der Waals surface area contributed by atoms with Crippen LogP contribution >= 0.6 is 0 Å². The van der Waals surface area contributed by atoms with Crippen molar-refractivity contribution < 1.29 is 9.84 Å². The molecular formula is C14H24O2. The molecule has 1 N–H and O–H groups in total. The predicted octanol–water partition coefficient (Wildman–Crippen LogP) is 2.45. The molecule has 3 aliphatic rings. The van der Waals surface area contributed by atoms with E-state index in [2.05, 4.69) is 20.8 Å². The van der Waals surface area contributed by atoms with Crippen LogP contribution in [0.4, 0.5) is 0 Å². The second-order valence-corrected chi connectivity index (χ2v) is 6.87. The van der Waals surface area contributed by atoms with Gasteiger partial charge in [0.1, 0.15) is 0 Å². The molecule has 3 rings (SSSR count). The van der Waals surface area contributed by atoms with E-state index in [4.69, 9.17) is 4.74 Å². The van der Waals surface area contributed by atoms with E-state index >= 15 is 0 Å². The van der Waals surface area contributed by atoms with Gasteiger partial charge in [-0.25, -0.2) is 0 Å². The SMILES string of the molecule is CC1CC2C3CC(C)(CO)C(O3)C2CC1C. The summed E-state index contributed by atoms with van der Waals surface area (Å²) in [4.78, 5) is 0. The maximum Gasteiger partial charge on any atom is 0.0687 e. The van der Waals surface area contributed by atoms with E-state index in [0.717, 1.165) is 30.1 Å². The fraction of sp³-hybridized carbons (Fsp3) is 1.00. The maximum absolute atomic E-state index is 9.58. The minimum absolute atomic E-state index is 0.0477. The first-order valence-electron chi connectivity index (χ1n) is 6.81. The molecule has 2 nitrogen and oxygen atoms in total. The molecule has 3 fully saturated rings. The molecule has 0 amide bonds. The van der Waals surface area contributed by atoms with E-state index < -0.39 is 0 Å². The van der Waals surface area contributed by atoms with Crippen molar-refractivity contribution in [3.8, 4) is 0 Å². The van der Waals surface area contributed by atoms with Gasteiger partial charge in [0.25, 0.3) is 0 Å². The molecule has 92 valence electrons. The topological polar surface area (TPSA) is 29.5 Å². The summed E-state index contributed by atoms with van der Waals surface area (Å²) in [6.45, 7) is 7.26. The molecule has 0 aromatic rings. The van der Waals surface area contributed by atoms with E-state index in [1.165, 1.54) is 12.8 Å². The van der Waals surface area contributed by atoms with Gasteiger partial charge in [0.15, 0.2) is 0 Å². The smallest absolute Gasteiger partial charge is 0.0687 e. The second kappa shape index (κ2) is 3.46.